The van der Waals surface area contributed by atoms with Crippen LogP contribution >= 0.6 is 0 Å². The van der Waals surface area contributed by atoms with Crippen LogP contribution in [0.4, 0.5) is 4.39 Å². The van der Waals surface area contributed by atoms with Gasteiger partial charge >= 0.3 is 0 Å². The lowest BCUT2D eigenvalue weighted by Crippen LogP contribution is -2.26. The predicted octanol–water partition coefficient (Wildman–Crippen LogP) is 2.72. The molecule has 0 saturated heterocycles. The molecule has 0 aliphatic rings. The summed E-state index contributed by atoms with van der Waals surface area (Å²) in [4.78, 5) is 15.4. The van der Waals surface area contributed by atoms with E-state index in [4.69, 9.17) is 4.74 Å². The molecule has 1 unspecified atom stereocenters. The lowest BCUT2D eigenvalue weighted by molar-refractivity contribution is 0.0939. The molecular weight excluding hydrogens is 259 g/mol. The van der Waals surface area contributed by atoms with Crippen LogP contribution in [0, 0.1) is 5.95 Å². The molecular formula is C15H15FN2O2. The van der Waals surface area contributed by atoms with Gasteiger partial charge in [0.2, 0.25) is 5.95 Å². The topological polar surface area (TPSA) is 51.2 Å². The molecule has 1 atom stereocenters. The second-order valence-electron chi connectivity index (χ2n) is 4.34. The van der Waals surface area contributed by atoms with E-state index in [2.05, 4.69) is 10.3 Å². The number of nitrogens with zero attached hydrogens (tertiary/aromatic N) is 1. The molecule has 1 amide bonds. The molecule has 0 bridgehead atoms. The number of carbonyl (C=O) groups is 1. The van der Waals surface area contributed by atoms with Gasteiger partial charge in [0.05, 0.1) is 18.7 Å². The zero-order chi connectivity index (χ0) is 14.5. The van der Waals surface area contributed by atoms with Gasteiger partial charge in [-0.05, 0) is 36.8 Å². The third kappa shape index (κ3) is 3.32. The van der Waals surface area contributed by atoms with Crippen molar-refractivity contribution in [2.24, 2.45) is 0 Å². The average molecular weight is 274 g/mol. The molecule has 104 valence electrons. The summed E-state index contributed by atoms with van der Waals surface area (Å²) in [5, 5.41) is 2.83. The van der Waals surface area contributed by atoms with Gasteiger partial charge in [-0.15, -0.1) is 0 Å². The lowest BCUT2D eigenvalue weighted by atomic mass is 10.1. The van der Waals surface area contributed by atoms with E-state index in [1.165, 1.54) is 12.3 Å². The van der Waals surface area contributed by atoms with E-state index in [-0.39, 0.29) is 11.9 Å². The zero-order valence-corrected chi connectivity index (χ0v) is 11.3. The maximum absolute atomic E-state index is 12.7. The number of amides is 1. The molecule has 2 aromatic rings. The maximum atomic E-state index is 12.7. The number of hydrogen-bond acceptors (Lipinski definition) is 3. The van der Waals surface area contributed by atoms with E-state index in [0.717, 1.165) is 17.4 Å². The van der Waals surface area contributed by atoms with Gasteiger partial charge < -0.3 is 10.1 Å². The number of pyridine rings is 1. The fourth-order valence-corrected chi connectivity index (χ4v) is 1.77. The van der Waals surface area contributed by atoms with E-state index < -0.39 is 5.95 Å². The van der Waals surface area contributed by atoms with Crippen molar-refractivity contribution in [2.45, 2.75) is 13.0 Å². The molecule has 2 rings (SSSR count). The standard InChI is InChI=1S/C15H15FN2O2/c1-10(11-3-6-13(20-2)7-4-11)18-15(19)12-5-8-14(16)17-9-12/h3-10H,1-2H3,(H,18,19). The van der Waals surface area contributed by atoms with Crippen molar-refractivity contribution >= 4 is 5.91 Å². The minimum Gasteiger partial charge on any atom is -0.497 e. The van der Waals surface area contributed by atoms with Gasteiger partial charge in [0.25, 0.3) is 5.91 Å². The highest BCUT2D eigenvalue weighted by atomic mass is 19.1. The van der Waals surface area contributed by atoms with Crippen LogP contribution in [-0.4, -0.2) is 18.0 Å². The van der Waals surface area contributed by atoms with Crippen LogP contribution in [0.15, 0.2) is 42.6 Å². The number of aromatic nitrogens is 1. The summed E-state index contributed by atoms with van der Waals surface area (Å²) in [6, 6.07) is 9.82. The molecule has 4 nitrogen and oxygen atoms in total. The van der Waals surface area contributed by atoms with E-state index >= 15 is 0 Å². The van der Waals surface area contributed by atoms with Gasteiger partial charge in [-0.3, -0.25) is 4.79 Å². The monoisotopic (exact) mass is 274 g/mol. The number of benzene rings is 1. The van der Waals surface area contributed by atoms with Crippen molar-refractivity contribution in [3.05, 3.63) is 59.7 Å². The molecule has 1 N–H and O–H groups in total. The summed E-state index contributed by atoms with van der Waals surface area (Å²) >= 11 is 0. The van der Waals surface area contributed by atoms with Crippen LogP contribution in [-0.2, 0) is 0 Å². The van der Waals surface area contributed by atoms with Gasteiger partial charge in [0.1, 0.15) is 5.75 Å². The highest BCUT2D eigenvalue weighted by molar-refractivity contribution is 5.94. The third-order valence-electron chi connectivity index (χ3n) is 2.95. The van der Waals surface area contributed by atoms with Crippen molar-refractivity contribution < 1.29 is 13.9 Å². The van der Waals surface area contributed by atoms with E-state index in [1.54, 1.807) is 7.11 Å². The smallest absolute Gasteiger partial charge is 0.253 e. The molecule has 0 radical (unpaired) electrons. The SMILES string of the molecule is COc1ccc(C(C)NC(=O)c2ccc(F)nc2)cc1. The first-order valence-electron chi connectivity index (χ1n) is 6.16. The Morgan fingerprint density at radius 1 is 1.25 bits per heavy atom. The van der Waals surface area contributed by atoms with E-state index in [0.29, 0.717) is 5.56 Å². The van der Waals surface area contributed by atoms with Crippen molar-refractivity contribution in [1.82, 2.24) is 10.3 Å². The zero-order valence-electron chi connectivity index (χ0n) is 11.3. The Morgan fingerprint density at radius 2 is 1.95 bits per heavy atom. The first kappa shape index (κ1) is 14.0. The molecule has 1 heterocycles. The molecule has 1 aromatic carbocycles. The fraction of sp³-hybridized carbons (Fsp3) is 0.200. The van der Waals surface area contributed by atoms with Gasteiger partial charge in [0, 0.05) is 6.20 Å². The van der Waals surface area contributed by atoms with Crippen molar-refractivity contribution in [2.75, 3.05) is 7.11 Å². The van der Waals surface area contributed by atoms with Crippen molar-refractivity contribution in [1.29, 1.82) is 0 Å². The largest absolute Gasteiger partial charge is 0.497 e. The minimum absolute atomic E-state index is 0.168. The normalized spacial score (nSPS) is 11.8. The van der Waals surface area contributed by atoms with Crippen LogP contribution < -0.4 is 10.1 Å². The third-order valence-corrected chi connectivity index (χ3v) is 2.95. The number of halogens is 1. The predicted molar refractivity (Wildman–Crippen MR) is 73.1 cm³/mol. The summed E-state index contributed by atoms with van der Waals surface area (Å²) in [6.45, 7) is 1.87. The summed E-state index contributed by atoms with van der Waals surface area (Å²) in [7, 11) is 1.60. The molecule has 0 aliphatic heterocycles. The second kappa shape index (κ2) is 6.14. The number of methoxy groups -OCH3 is 1. The Bertz CT molecular complexity index is 582. The Kier molecular flexibility index (Phi) is 4.30. The van der Waals surface area contributed by atoms with E-state index in [9.17, 15) is 9.18 Å². The highest BCUT2D eigenvalue weighted by Gasteiger charge is 2.11. The fourth-order valence-electron chi connectivity index (χ4n) is 1.77. The second-order valence-corrected chi connectivity index (χ2v) is 4.34. The minimum atomic E-state index is -0.607. The van der Waals surface area contributed by atoms with E-state index in [1.807, 2.05) is 31.2 Å². The number of ether oxygens (including phenoxy) is 1. The molecule has 0 aliphatic carbocycles. The summed E-state index contributed by atoms with van der Waals surface area (Å²) in [5.41, 5.74) is 1.28. The highest BCUT2D eigenvalue weighted by Crippen LogP contribution is 2.17. The van der Waals surface area contributed by atoms with Crippen molar-refractivity contribution in [3.8, 4) is 5.75 Å². The molecule has 0 saturated carbocycles. The van der Waals surface area contributed by atoms with Gasteiger partial charge in [-0.2, -0.15) is 4.39 Å². The Hall–Kier alpha value is -2.43. The summed E-state index contributed by atoms with van der Waals surface area (Å²) in [5.74, 6) is -0.138. The van der Waals surface area contributed by atoms with Crippen LogP contribution in [0.2, 0.25) is 0 Å². The number of hydrogen-bond donors (Lipinski definition) is 1. The summed E-state index contributed by atoms with van der Waals surface area (Å²) in [6.07, 6.45) is 1.21. The van der Waals surface area contributed by atoms with Crippen LogP contribution in [0.25, 0.3) is 0 Å². The Balaban J connectivity index is 2.04. The number of carbonyl (C=O) groups excluding carboxylic acids is 1. The van der Waals surface area contributed by atoms with Gasteiger partial charge in [-0.25, -0.2) is 4.98 Å². The number of nitrogens with one attached hydrogen (secondary N) is 1. The first-order valence-corrected chi connectivity index (χ1v) is 6.16. The number of rotatable bonds is 4. The molecule has 0 spiro atoms. The molecule has 0 fully saturated rings. The lowest BCUT2D eigenvalue weighted by Gasteiger charge is -2.14. The maximum Gasteiger partial charge on any atom is 0.253 e. The van der Waals surface area contributed by atoms with Gasteiger partial charge in [0.15, 0.2) is 0 Å². The Labute approximate surface area is 116 Å². The van der Waals surface area contributed by atoms with Crippen LogP contribution in [0.5, 0.6) is 5.75 Å². The van der Waals surface area contributed by atoms with Crippen molar-refractivity contribution in [3.63, 3.8) is 0 Å². The quantitative estimate of drug-likeness (QED) is 0.872. The average Bonchev–Trinajstić information content (AvgIpc) is 2.48. The van der Waals surface area contributed by atoms with Crippen LogP contribution in [0.1, 0.15) is 28.9 Å². The first-order chi connectivity index (χ1) is 9.60. The molecule has 1 aromatic heterocycles. The van der Waals surface area contributed by atoms with Gasteiger partial charge in [-0.1, -0.05) is 12.1 Å². The molecule has 5 heteroatoms. The molecule has 20 heavy (non-hydrogen) atoms. The van der Waals surface area contributed by atoms with Crippen LogP contribution in [0.3, 0.4) is 0 Å². The Morgan fingerprint density at radius 3 is 2.50 bits per heavy atom. The summed E-state index contributed by atoms with van der Waals surface area (Å²) < 4.78 is 17.8.